The molecule has 2 fully saturated rings. The molecule has 1 aromatic heterocycles. The van der Waals surface area contributed by atoms with E-state index in [1.54, 1.807) is 0 Å². The molecule has 0 atom stereocenters. The smallest absolute Gasteiger partial charge is 0.318 e. The van der Waals surface area contributed by atoms with Gasteiger partial charge < -0.3 is 10.2 Å². The van der Waals surface area contributed by atoms with Crippen molar-refractivity contribution in [3.63, 3.8) is 0 Å². The summed E-state index contributed by atoms with van der Waals surface area (Å²) in [5.74, 6) is 0.677. The minimum absolute atomic E-state index is 0.0227. The summed E-state index contributed by atoms with van der Waals surface area (Å²) in [5.41, 5.74) is 3.91. The van der Waals surface area contributed by atoms with E-state index in [2.05, 4.69) is 72.1 Å². The van der Waals surface area contributed by atoms with Crippen LogP contribution < -0.4 is 5.32 Å². The van der Waals surface area contributed by atoms with Gasteiger partial charge in [0, 0.05) is 31.2 Å². The summed E-state index contributed by atoms with van der Waals surface area (Å²) in [6, 6.07) is 29.2. The van der Waals surface area contributed by atoms with Gasteiger partial charge in [-0.15, -0.1) is 5.10 Å². The number of likely N-dealkylation sites (tertiary alicyclic amines) is 1. The van der Waals surface area contributed by atoms with Gasteiger partial charge in [0.15, 0.2) is 5.82 Å². The van der Waals surface area contributed by atoms with E-state index in [0.717, 1.165) is 49.2 Å². The van der Waals surface area contributed by atoms with Crippen molar-refractivity contribution in [3.8, 4) is 11.4 Å². The Bertz CT molecular complexity index is 1260. The molecule has 8 nitrogen and oxygen atoms in total. The van der Waals surface area contributed by atoms with Crippen LogP contribution in [0.1, 0.15) is 29.5 Å². The first kappa shape index (κ1) is 22.4. The van der Waals surface area contributed by atoms with Gasteiger partial charge in [-0.25, -0.2) is 9.89 Å². The zero-order valence-corrected chi connectivity index (χ0v) is 20.0. The molecule has 0 spiro atoms. The molecular formula is C28H29N7O. The molecule has 182 valence electrons. The van der Waals surface area contributed by atoms with E-state index in [9.17, 15) is 4.79 Å². The zero-order chi connectivity index (χ0) is 24.4. The molecule has 0 saturated carbocycles. The lowest BCUT2D eigenvalue weighted by Crippen LogP contribution is -2.46. The molecule has 8 heteroatoms. The summed E-state index contributed by atoms with van der Waals surface area (Å²) in [7, 11) is 0. The van der Waals surface area contributed by atoms with Crippen molar-refractivity contribution in [3.05, 3.63) is 102 Å². The van der Waals surface area contributed by atoms with Crippen LogP contribution in [0.4, 0.5) is 4.79 Å². The molecule has 0 unspecified atom stereocenters. The van der Waals surface area contributed by atoms with Crippen LogP contribution in [0.3, 0.4) is 0 Å². The molecule has 2 aliphatic rings. The van der Waals surface area contributed by atoms with E-state index in [1.807, 2.05) is 48.5 Å². The van der Waals surface area contributed by atoms with Crippen molar-refractivity contribution in [1.82, 2.24) is 35.7 Å². The Morgan fingerprint density at radius 2 is 1.58 bits per heavy atom. The number of urea groups is 1. The summed E-state index contributed by atoms with van der Waals surface area (Å²) >= 11 is 0. The van der Waals surface area contributed by atoms with Gasteiger partial charge in [-0.05, 0) is 46.0 Å². The van der Waals surface area contributed by atoms with Crippen molar-refractivity contribution in [2.45, 2.75) is 31.0 Å². The number of piperidine rings is 1. The fraction of sp³-hybridized carbons (Fsp3) is 0.286. The lowest BCUT2D eigenvalue weighted by Gasteiger charge is -2.37. The molecule has 0 bridgehead atoms. The van der Waals surface area contributed by atoms with E-state index >= 15 is 0 Å². The molecule has 6 rings (SSSR count). The highest BCUT2D eigenvalue weighted by Crippen LogP contribution is 2.36. The number of amides is 2. The number of aromatic nitrogens is 4. The maximum Gasteiger partial charge on any atom is 0.318 e. The number of rotatable bonds is 6. The van der Waals surface area contributed by atoms with Crippen molar-refractivity contribution >= 4 is 6.03 Å². The molecule has 36 heavy (non-hydrogen) atoms. The summed E-state index contributed by atoms with van der Waals surface area (Å²) in [4.78, 5) is 17.9. The normalized spacial score (nSPS) is 18.3. The number of nitrogens with zero attached hydrogens (tertiary/aromatic N) is 5. The number of hydrogen-bond acceptors (Lipinski definition) is 5. The number of carbonyl (C=O) groups is 1. The number of tetrazole rings is 1. The van der Waals surface area contributed by atoms with Crippen molar-refractivity contribution in [1.29, 1.82) is 0 Å². The topological polar surface area (TPSA) is 90.0 Å². The lowest BCUT2D eigenvalue weighted by atomic mass is 9.83. The summed E-state index contributed by atoms with van der Waals surface area (Å²) in [6.07, 6.45) is 1.91. The fourth-order valence-electron chi connectivity index (χ4n) is 5.60. The van der Waals surface area contributed by atoms with Gasteiger partial charge in [-0.3, -0.25) is 4.90 Å². The van der Waals surface area contributed by atoms with Gasteiger partial charge in [0.2, 0.25) is 0 Å². The van der Waals surface area contributed by atoms with Crippen LogP contribution in [0.2, 0.25) is 0 Å². The van der Waals surface area contributed by atoms with Crippen LogP contribution in [0, 0.1) is 0 Å². The Balaban J connectivity index is 1.15. The molecule has 3 heterocycles. The molecule has 2 saturated heterocycles. The third kappa shape index (κ3) is 4.24. The van der Waals surface area contributed by atoms with Crippen LogP contribution in [-0.4, -0.2) is 62.1 Å². The number of carbonyl (C=O) groups excluding carboxylic acids is 1. The molecule has 3 aromatic carbocycles. The highest BCUT2D eigenvalue weighted by molar-refractivity contribution is 5.80. The quantitative estimate of drug-likeness (QED) is 0.439. The van der Waals surface area contributed by atoms with Crippen molar-refractivity contribution in [2.24, 2.45) is 0 Å². The highest BCUT2D eigenvalue weighted by atomic mass is 16.2. The lowest BCUT2D eigenvalue weighted by molar-refractivity contribution is 0.129. The summed E-state index contributed by atoms with van der Waals surface area (Å²) < 4.78 is 0. The second-order valence-corrected chi connectivity index (χ2v) is 9.65. The van der Waals surface area contributed by atoms with E-state index in [4.69, 9.17) is 0 Å². The average Bonchev–Trinajstić information content (AvgIpc) is 3.60. The van der Waals surface area contributed by atoms with E-state index in [1.165, 1.54) is 5.56 Å². The van der Waals surface area contributed by atoms with Gasteiger partial charge in [0.05, 0.1) is 6.54 Å². The Morgan fingerprint density at radius 3 is 2.22 bits per heavy atom. The maximum absolute atomic E-state index is 13.3. The number of nitrogens with one attached hydrogen (secondary N) is 2. The Kier molecular flexibility index (Phi) is 5.95. The van der Waals surface area contributed by atoms with Gasteiger partial charge in [0.25, 0.3) is 0 Å². The molecule has 4 aromatic rings. The predicted octanol–water partition coefficient (Wildman–Crippen LogP) is 3.80. The van der Waals surface area contributed by atoms with Gasteiger partial charge in [-0.1, -0.05) is 78.9 Å². The second-order valence-electron chi connectivity index (χ2n) is 9.65. The van der Waals surface area contributed by atoms with Gasteiger partial charge in [-0.2, -0.15) is 0 Å². The van der Waals surface area contributed by atoms with Crippen LogP contribution in [0.15, 0.2) is 84.9 Å². The summed E-state index contributed by atoms with van der Waals surface area (Å²) in [5, 5.41) is 17.6. The van der Waals surface area contributed by atoms with Crippen LogP contribution in [0.5, 0.6) is 0 Å². The van der Waals surface area contributed by atoms with E-state index in [-0.39, 0.29) is 12.1 Å². The number of hydrogen-bond donors (Lipinski definition) is 2. The Morgan fingerprint density at radius 1 is 0.889 bits per heavy atom. The fourth-order valence-corrected chi connectivity index (χ4v) is 5.60. The molecule has 0 radical (unpaired) electrons. The first-order valence-electron chi connectivity index (χ1n) is 12.5. The van der Waals surface area contributed by atoms with Gasteiger partial charge >= 0.3 is 6.03 Å². The summed E-state index contributed by atoms with van der Waals surface area (Å²) in [6.45, 7) is 3.41. The van der Waals surface area contributed by atoms with Crippen LogP contribution in [0.25, 0.3) is 11.4 Å². The van der Waals surface area contributed by atoms with E-state index in [0.29, 0.717) is 12.4 Å². The molecule has 2 amide bonds. The van der Waals surface area contributed by atoms with Crippen LogP contribution in [-0.2, 0) is 12.1 Å². The maximum atomic E-state index is 13.3. The number of aromatic amines is 1. The number of benzene rings is 3. The largest absolute Gasteiger partial charge is 0.323 e. The Labute approximate surface area is 210 Å². The van der Waals surface area contributed by atoms with Crippen molar-refractivity contribution < 1.29 is 4.79 Å². The van der Waals surface area contributed by atoms with Crippen LogP contribution >= 0.6 is 0 Å². The third-order valence-electron chi connectivity index (χ3n) is 7.47. The molecule has 0 aliphatic carbocycles. The minimum Gasteiger partial charge on any atom is -0.323 e. The standard InChI is InChI=1S/C28H29N7O/c36-27-29-28(23-10-3-1-4-11-23,24-12-5-2-6-13-24)20-35(27)25-14-16-34(17-15-25)19-21-8-7-9-22(18-21)26-30-32-33-31-26/h1-13,18,25H,14-17,19-20H2,(H,29,36)(H,30,31,32,33). The minimum atomic E-state index is -0.535. The first-order valence-corrected chi connectivity index (χ1v) is 12.5. The molecular weight excluding hydrogens is 450 g/mol. The second kappa shape index (κ2) is 9.54. The first-order chi connectivity index (χ1) is 17.7. The van der Waals surface area contributed by atoms with Gasteiger partial charge in [0.1, 0.15) is 5.54 Å². The number of H-pyrrole nitrogens is 1. The Hall–Kier alpha value is -4.04. The van der Waals surface area contributed by atoms with E-state index < -0.39 is 5.54 Å². The predicted molar refractivity (Wildman–Crippen MR) is 137 cm³/mol. The monoisotopic (exact) mass is 479 g/mol. The SMILES string of the molecule is O=C1NC(c2ccccc2)(c2ccccc2)CN1C1CCN(Cc2cccc(-c3nnn[nH]3)c2)CC1. The van der Waals surface area contributed by atoms with Crippen molar-refractivity contribution in [2.75, 3.05) is 19.6 Å². The molecule has 2 aliphatic heterocycles. The molecule has 2 N–H and O–H groups in total. The highest BCUT2D eigenvalue weighted by Gasteiger charge is 2.47. The third-order valence-corrected chi connectivity index (χ3v) is 7.47. The zero-order valence-electron chi connectivity index (χ0n) is 20.0. The average molecular weight is 480 g/mol.